The standard InChI is InChI=1S/C24H20ClN3O4/c1-15-6-3-8-18(12-15)24(31)32-19-9-4-7-17(13-19)14-26-28-23(30)22(29)27-21-11-5-10-20(25)16(21)2/h3-14H,1-2H3,(H,27,29)(H,28,30)/b26-14+. The molecule has 0 saturated carbocycles. The number of esters is 1. The van der Waals surface area contributed by atoms with E-state index >= 15 is 0 Å². The van der Waals surface area contributed by atoms with Gasteiger partial charge in [-0.1, -0.05) is 47.5 Å². The second-order valence-corrected chi connectivity index (χ2v) is 7.30. The summed E-state index contributed by atoms with van der Waals surface area (Å²) in [6, 6.07) is 18.7. The summed E-state index contributed by atoms with van der Waals surface area (Å²) in [5, 5.41) is 6.74. The molecule has 7 nitrogen and oxygen atoms in total. The Bertz CT molecular complexity index is 1210. The fourth-order valence-electron chi connectivity index (χ4n) is 2.73. The first-order valence-electron chi connectivity index (χ1n) is 9.62. The van der Waals surface area contributed by atoms with Crippen molar-refractivity contribution < 1.29 is 19.1 Å². The van der Waals surface area contributed by atoms with Gasteiger partial charge in [-0.05, 0) is 61.4 Å². The van der Waals surface area contributed by atoms with Crippen LogP contribution in [0.5, 0.6) is 5.75 Å². The SMILES string of the molecule is Cc1cccc(C(=O)Oc2cccc(/C=N/NC(=O)C(=O)Nc3cccc(Cl)c3C)c2)c1. The number of hydrogen-bond donors (Lipinski definition) is 2. The molecule has 0 aliphatic rings. The van der Waals surface area contributed by atoms with Crippen LogP contribution in [0, 0.1) is 13.8 Å². The number of nitrogens with one attached hydrogen (secondary N) is 2. The highest BCUT2D eigenvalue weighted by molar-refractivity contribution is 6.40. The lowest BCUT2D eigenvalue weighted by Gasteiger charge is -2.08. The van der Waals surface area contributed by atoms with Crippen LogP contribution in [0.3, 0.4) is 0 Å². The monoisotopic (exact) mass is 449 g/mol. The van der Waals surface area contributed by atoms with Gasteiger partial charge in [0.05, 0.1) is 11.8 Å². The molecule has 0 radical (unpaired) electrons. The van der Waals surface area contributed by atoms with Gasteiger partial charge in [-0.25, -0.2) is 10.2 Å². The molecule has 3 aromatic rings. The zero-order valence-corrected chi connectivity index (χ0v) is 18.1. The molecule has 2 amide bonds. The van der Waals surface area contributed by atoms with Crippen LogP contribution < -0.4 is 15.5 Å². The normalized spacial score (nSPS) is 10.6. The summed E-state index contributed by atoms with van der Waals surface area (Å²) in [6.07, 6.45) is 1.33. The van der Waals surface area contributed by atoms with E-state index in [9.17, 15) is 14.4 Å². The summed E-state index contributed by atoms with van der Waals surface area (Å²) in [7, 11) is 0. The van der Waals surface area contributed by atoms with E-state index in [4.69, 9.17) is 16.3 Å². The molecule has 162 valence electrons. The number of carbonyl (C=O) groups is 3. The van der Waals surface area contributed by atoms with Gasteiger partial charge in [-0.3, -0.25) is 9.59 Å². The van der Waals surface area contributed by atoms with Gasteiger partial charge in [-0.15, -0.1) is 0 Å². The van der Waals surface area contributed by atoms with Crippen molar-refractivity contribution in [3.05, 3.63) is 94.0 Å². The Labute approximate surface area is 190 Å². The molecule has 0 aliphatic heterocycles. The number of nitrogens with zero attached hydrogens (tertiary/aromatic N) is 1. The molecule has 2 N–H and O–H groups in total. The quantitative estimate of drug-likeness (QED) is 0.200. The van der Waals surface area contributed by atoms with Crippen molar-refractivity contribution in [1.29, 1.82) is 0 Å². The number of carbonyl (C=O) groups excluding carboxylic acids is 3. The zero-order chi connectivity index (χ0) is 23.1. The van der Waals surface area contributed by atoms with Gasteiger partial charge in [0.1, 0.15) is 5.75 Å². The first-order valence-corrected chi connectivity index (χ1v) is 9.99. The molecular formula is C24H20ClN3O4. The molecule has 0 saturated heterocycles. The van der Waals surface area contributed by atoms with Crippen LogP contribution in [-0.4, -0.2) is 24.0 Å². The van der Waals surface area contributed by atoms with Gasteiger partial charge >= 0.3 is 17.8 Å². The van der Waals surface area contributed by atoms with E-state index in [2.05, 4.69) is 15.8 Å². The molecule has 0 spiro atoms. The Hall–Kier alpha value is -3.97. The molecule has 32 heavy (non-hydrogen) atoms. The first-order chi connectivity index (χ1) is 15.3. The van der Waals surface area contributed by atoms with Gasteiger partial charge in [0, 0.05) is 10.7 Å². The second-order valence-electron chi connectivity index (χ2n) is 6.90. The Morgan fingerprint density at radius 2 is 1.69 bits per heavy atom. The fourth-order valence-corrected chi connectivity index (χ4v) is 2.91. The number of rotatable bonds is 5. The molecule has 3 rings (SSSR count). The van der Waals surface area contributed by atoms with E-state index in [1.807, 2.05) is 13.0 Å². The van der Waals surface area contributed by atoms with Crippen LogP contribution in [0.1, 0.15) is 27.0 Å². The molecule has 0 aromatic heterocycles. The van der Waals surface area contributed by atoms with Crippen LogP contribution in [-0.2, 0) is 9.59 Å². The Morgan fingerprint density at radius 3 is 2.47 bits per heavy atom. The maximum atomic E-state index is 12.3. The van der Waals surface area contributed by atoms with Crippen molar-refractivity contribution in [3.63, 3.8) is 0 Å². The van der Waals surface area contributed by atoms with Crippen molar-refractivity contribution >= 4 is 41.3 Å². The van der Waals surface area contributed by atoms with Crippen LogP contribution in [0.15, 0.2) is 71.8 Å². The third kappa shape index (κ3) is 6.02. The smallest absolute Gasteiger partial charge is 0.343 e. The molecular weight excluding hydrogens is 430 g/mol. The van der Waals surface area contributed by atoms with Crippen molar-refractivity contribution in [1.82, 2.24) is 5.43 Å². The van der Waals surface area contributed by atoms with Crippen LogP contribution in [0.2, 0.25) is 5.02 Å². The Balaban J connectivity index is 1.58. The van der Waals surface area contributed by atoms with Gasteiger partial charge in [0.2, 0.25) is 0 Å². The topological polar surface area (TPSA) is 96.9 Å². The highest BCUT2D eigenvalue weighted by Gasteiger charge is 2.14. The predicted octanol–water partition coefficient (Wildman–Crippen LogP) is 4.26. The Morgan fingerprint density at radius 1 is 0.938 bits per heavy atom. The number of hydrogen-bond acceptors (Lipinski definition) is 5. The molecule has 8 heteroatoms. The number of halogens is 1. The number of anilines is 1. The number of amides is 2. The van der Waals surface area contributed by atoms with Crippen molar-refractivity contribution in [2.45, 2.75) is 13.8 Å². The molecule has 0 unspecified atom stereocenters. The number of ether oxygens (including phenoxy) is 1. The maximum absolute atomic E-state index is 12.3. The lowest BCUT2D eigenvalue weighted by Crippen LogP contribution is -2.32. The lowest BCUT2D eigenvalue weighted by molar-refractivity contribution is -0.136. The third-order valence-electron chi connectivity index (χ3n) is 4.42. The average Bonchev–Trinajstić information content (AvgIpc) is 2.77. The van der Waals surface area contributed by atoms with Crippen LogP contribution in [0.4, 0.5) is 5.69 Å². The Kier molecular flexibility index (Phi) is 7.36. The van der Waals surface area contributed by atoms with E-state index in [-0.39, 0.29) is 0 Å². The zero-order valence-electron chi connectivity index (χ0n) is 17.4. The van der Waals surface area contributed by atoms with E-state index < -0.39 is 17.8 Å². The fraction of sp³-hybridized carbons (Fsp3) is 0.0833. The summed E-state index contributed by atoms with van der Waals surface area (Å²) in [6.45, 7) is 3.62. The molecule has 0 atom stereocenters. The van der Waals surface area contributed by atoms with Crippen molar-refractivity contribution in [2.24, 2.45) is 5.10 Å². The van der Waals surface area contributed by atoms with E-state index in [1.54, 1.807) is 67.6 Å². The summed E-state index contributed by atoms with van der Waals surface area (Å²) < 4.78 is 5.39. The van der Waals surface area contributed by atoms with Crippen molar-refractivity contribution in [3.8, 4) is 5.75 Å². The maximum Gasteiger partial charge on any atom is 0.343 e. The minimum Gasteiger partial charge on any atom is -0.423 e. The van der Waals surface area contributed by atoms with Gasteiger partial charge in [0.15, 0.2) is 0 Å². The van der Waals surface area contributed by atoms with Gasteiger partial charge in [0.25, 0.3) is 0 Å². The largest absolute Gasteiger partial charge is 0.423 e. The minimum atomic E-state index is -0.942. The highest BCUT2D eigenvalue weighted by Crippen LogP contribution is 2.22. The minimum absolute atomic E-state index is 0.320. The molecule has 0 heterocycles. The summed E-state index contributed by atoms with van der Waals surface area (Å²) in [5.74, 6) is -1.99. The summed E-state index contributed by atoms with van der Waals surface area (Å²) in [5.41, 5.74) is 5.19. The predicted molar refractivity (Wildman–Crippen MR) is 123 cm³/mol. The molecule has 0 fully saturated rings. The lowest BCUT2D eigenvalue weighted by atomic mass is 10.1. The molecule has 0 bridgehead atoms. The second kappa shape index (κ2) is 10.4. The third-order valence-corrected chi connectivity index (χ3v) is 4.83. The van der Waals surface area contributed by atoms with E-state index in [0.29, 0.717) is 33.1 Å². The number of benzene rings is 3. The van der Waals surface area contributed by atoms with E-state index in [1.165, 1.54) is 6.21 Å². The number of aryl methyl sites for hydroxylation is 1. The summed E-state index contributed by atoms with van der Waals surface area (Å²) >= 11 is 6.01. The van der Waals surface area contributed by atoms with Crippen molar-refractivity contribution in [2.75, 3.05) is 5.32 Å². The molecule has 3 aromatic carbocycles. The van der Waals surface area contributed by atoms with Crippen LogP contribution >= 0.6 is 11.6 Å². The molecule has 0 aliphatic carbocycles. The van der Waals surface area contributed by atoms with Gasteiger partial charge < -0.3 is 10.1 Å². The van der Waals surface area contributed by atoms with Crippen LogP contribution in [0.25, 0.3) is 0 Å². The van der Waals surface area contributed by atoms with E-state index in [0.717, 1.165) is 5.56 Å². The summed E-state index contributed by atoms with van der Waals surface area (Å²) in [4.78, 5) is 36.3. The first kappa shape index (κ1) is 22.7. The highest BCUT2D eigenvalue weighted by atomic mass is 35.5. The average molecular weight is 450 g/mol. The number of hydrazone groups is 1. The van der Waals surface area contributed by atoms with Gasteiger partial charge in [-0.2, -0.15) is 5.10 Å².